The summed E-state index contributed by atoms with van der Waals surface area (Å²) in [4.78, 5) is 14.9. The van der Waals surface area contributed by atoms with E-state index in [-0.39, 0.29) is 0 Å². The van der Waals surface area contributed by atoms with Gasteiger partial charge in [-0.25, -0.2) is 9.78 Å². The van der Waals surface area contributed by atoms with Gasteiger partial charge in [0.25, 0.3) is 0 Å². The summed E-state index contributed by atoms with van der Waals surface area (Å²) >= 11 is 0. The first kappa shape index (κ1) is 14.8. The summed E-state index contributed by atoms with van der Waals surface area (Å²) in [6.07, 6.45) is 7.00. The van der Waals surface area contributed by atoms with Crippen LogP contribution in [0.4, 0.5) is 0 Å². The Morgan fingerprint density at radius 3 is 2.95 bits per heavy atom. The summed E-state index contributed by atoms with van der Waals surface area (Å²) in [7, 11) is 1.94. The molecule has 0 aliphatic rings. The normalized spacial score (nSPS) is 11.0. The van der Waals surface area contributed by atoms with Crippen molar-refractivity contribution in [2.45, 2.75) is 13.3 Å². The van der Waals surface area contributed by atoms with Crippen LogP contribution in [0.3, 0.4) is 0 Å². The molecule has 0 saturated carbocycles. The molecule has 0 spiro atoms. The van der Waals surface area contributed by atoms with E-state index in [1.807, 2.05) is 42.9 Å². The maximum atomic E-state index is 10.6. The Kier molecular flexibility index (Phi) is 4.77. The fourth-order valence-electron chi connectivity index (χ4n) is 2.05. The van der Waals surface area contributed by atoms with Crippen molar-refractivity contribution in [3.8, 4) is 5.75 Å². The fourth-order valence-corrected chi connectivity index (χ4v) is 2.05. The van der Waals surface area contributed by atoms with Crippen LogP contribution in [0.15, 0.2) is 36.7 Å². The largest absolute Gasteiger partial charge is 0.492 e. The minimum absolute atomic E-state index is 0.490. The molecule has 1 aromatic carbocycles. The molecule has 21 heavy (non-hydrogen) atoms. The number of para-hydroxylation sites is 1. The standard InChI is InChI=1S/C16H18N2O3/c1-12-4-3-5-13(6-7-15(19)20)16(12)21-11-8-14-17-9-10-18(14)2/h3-7,9-10H,8,11H2,1-2H3,(H,19,20)/b7-6+. The number of hydrogen-bond acceptors (Lipinski definition) is 3. The molecule has 0 radical (unpaired) electrons. The van der Waals surface area contributed by atoms with Crippen LogP contribution in [0.5, 0.6) is 5.75 Å². The highest BCUT2D eigenvalue weighted by Gasteiger charge is 2.06. The average Bonchev–Trinajstić information content (AvgIpc) is 2.84. The fraction of sp³-hybridized carbons (Fsp3) is 0.250. The van der Waals surface area contributed by atoms with E-state index in [2.05, 4.69) is 4.98 Å². The van der Waals surface area contributed by atoms with Gasteiger partial charge >= 0.3 is 5.97 Å². The van der Waals surface area contributed by atoms with Crippen molar-refractivity contribution in [3.05, 3.63) is 53.6 Å². The lowest BCUT2D eigenvalue weighted by atomic mass is 10.1. The van der Waals surface area contributed by atoms with E-state index in [0.29, 0.717) is 18.8 Å². The zero-order chi connectivity index (χ0) is 15.2. The van der Waals surface area contributed by atoms with Crippen molar-refractivity contribution in [2.75, 3.05) is 6.61 Å². The molecule has 2 aromatic rings. The van der Waals surface area contributed by atoms with E-state index < -0.39 is 5.97 Å². The second-order valence-corrected chi connectivity index (χ2v) is 4.72. The van der Waals surface area contributed by atoms with Gasteiger partial charge in [0.15, 0.2) is 0 Å². The van der Waals surface area contributed by atoms with Crippen LogP contribution in [0.25, 0.3) is 6.08 Å². The van der Waals surface area contributed by atoms with Gasteiger partial charge in [-0.2, -0.15) is 0 Å². The highest BCUT2D eigenvalue weighted by molar-refractivity contribution is 5.86. The van der Waals surface area contributed by atoms with Crippen molar-refractivity contribution in [2.24, 2.45) is 7.05 Å². The van der Waals surface area contributed by atoms with Gasteiger partial charge < -0.3 is 14.4 Å². The summed E-state index contributed by atoms with van der Waals surface area (Å²) in [5.41, 5.74) is 1.74. The van der Waals surface area contributed by atoms with Crippen LogP contribution < -0.4 is 4.74 Å². The van der Waals surface area contributed by atoms with Crippen LogP contribution in [-0.4, -0.2) is 27.2 Å². The summed E-state index contributed by atoms with van der Waals surface area (Å²) in [5.74, 6) is 0.686. The van der Waals surface area contributed by atoms with Gasteiger partial charge in [-0.15, -0.1) is 0 Å². The molecular weight excluding hydrogens is 268 g/mol. The molecule has 0 saturated heterocycles. The molecule has 5 heteroatoms. The van der Waals surface area contributed by atoms with Crippen LogP contribution in [0.1, 0.15) is 17.0 Å². The number of rotatable bonds is 6. The van der Waals surface area contributed by atoms with E-state index in [0.717, 1.165) is 23.0 Å². The second kappa shape index (κ2) is 6.74. The van der Waals surface area contributed by atoms with Crippen molar-refractivity contribution in [3.63, 3.8) is 0 Å². The Balaban J connectivity index is 2.08. The molecule has 2 rings (SSSR count). The summed E-state index contributed by atoms with van der Waals surface area (Å²) in [6, 6.07) is 5.65. The second-order valence-electron chi connectivity index (χ2n) is 4.72. The maximum absolute atomic E-state index is 10.6. The monoisotopic (exact) mass is 286 g/mol. The third-order valence-electron chi connectivity index (χ3n) is 3.14. The van der Waals surface area contributed by atoms with Crippen molar-refractivity contribution in [1.82, 2.24) is 9.55 Å². The lowest BCUT2D eigenvalue weighted by Crippen LogP contribution is -2.07. The molecule has 1 heterocycles. The Morgan fingerprint density at radius 2 is 2.29 bits per heavy atom. The van der Waals surface area contributed by atoms with Gasteiger partial charge in [-0.3, -0.25) is 0 Å². The van der Waals surface area contributed by atoms with E-state index >= 15 is 0 Å². The topological polar surface area (TPSA) is 64.3 Å². The average molecular weight is 286 g/mol. The zero-order valence-electron chi connectivity index (χ0n) is 12.1. The smallest absolute Gasteiger partial charge is 0.328 e. The van der Waals surface area contributed by atoms with Gasteiger partial charge in [0.05, 0.1) is 6.61 Å². The predicted octanol–water partition coefficient (Wildman–Crippen LogP) is 2.45. The van der Waals surface area contributed by atoms with E-state index in [4.69, 9.17) is 9.84 Å². The van der Waals surface area contributed by atoms with Crippen LogP contribution in [-0.2, 0) is 18.3 Å². The molecule has 0 bridgehead atoms. The zero-order valence-corrected chi connectivity index (χ0v) is 12.1. The highest BCUT2D eigenvalue weighted by atomic mass is 16.5. The number of ether oxygens (including phenoxy) is 1. The van der Waals surface area contributed by atoms with E-state index in [9.17, 15) is 4.79 Å². The van der Waals surface area contributed by atoms with Crippen LogP contribution >= 0.6 is 0 Å². The minimum atomic E-state index is -0.976. The molecule has 0 atom stereocenters. The number of carbonyl (C=O) groups is 1. The van der Waals surface area contributed by atoms with Gasteiger partial charge in [-0.05, 0) is 18.6 Å². The Hall–Kier alpha value is -2.56. The van der Waals surface area contributed by atoms with Crippen LogP contribution in [0, 0.1) is 6.92 Å². The number of imidazole rings is 1. The molecule has 0 aliphatic heterocycles. The lowest BCUT2D eigenvalue weighted by Gasteiger charge is -2.12. The number of carboxylic acids is 1. The van der Waals surface area contributed by atoms with E-state index in [1.54, 1.807) is 12.3 Å². The van der Waals surface area contributed by atoms with Crippen molar-refractivity contribution in [1.29, 1.82) is 0 Å². The quantitative estimate of drug-likeness (QED) is 0.828. The van der Waals surface area contributed by atoms with Gasteiger partial charge in [-0.1, -0.05) is 18.2 Å². The Labute approximate surface area is 123 Å². The first-order valence-corrected chi connectivity index (χ1v) is 6.67. The predicted molar refractivity (Wildman–Crippen MR) is 80.3 cm³/mol. The molecule has 1 aromatic heterocycles. The molecule has 1 N–H and O–H groups in total. The number of nitrogens with zero attached hydrogens (tertiary/aromatic N) is 2. The summed E-state index contributed by atoms with van der Waals surface area (Å²) in [6.45, 7) is 2.43. The summed E-state index contributed by atoms with van der Waals surface area (Å²) < 4.78 is 7.78. The third kappa shape index (κ3) is 3.95. The summed E-state index contributed by atoms with van der Waals surface area (Å²) in [5, 5.41) is 8.73. The number of carboxylic acid groups (broad SMARTS) is 1. The Bertz CT molecular complexity index is 659. The minimum Gasteiger partial charge on any atom is -0.492 e. The van der Waals surface area contributed by atoms with E-state index in [1.165, 1.54) is 0 Å². The van der Waals surface area contributed by atoms with Gasteiger partial charge in [0, 0.05) is 37.5 Å². The molecule has 5 nitrogen and oxygen atoms in total. The van der Waals surface area contributed by atoms with Gasteiger partial charge in [0.2, 0.25) is 0 Å². The number of aromatic nitrogens is 2. The van der Waals surface area contributed by atoms with Crippen LogP contribution in [0.2, 0.25) is 0 Å². The van der Waals surface area contributed by atoms with Crippen molar-refractivity contribution < 1.29 is 14.6 Å². The number of hydrogen-bond donors (Lipinski definition) is 1. The Morgan fingerprint density at radius 1 is 1.48 bits per heavy atom. The van der Waals surface area contributed by atoms with Crippen molar-refractivity contribution >= 4 is 12.0 Å². The lowest BCUT2D eigenvalue weighted by molar-refractivity contribution is -0.131. The van der Waals surface area contributed by atoms with Gasteiger partial charge in [0.1, 0.15) is 11.6 Å². The first-order valence-electron chi connectivity index (χ1n) is 6.67. The number of aliphatic carboxylic acids is 1. The first-order chi connectivity index (χ1) is 10.1. The number of benzene rings is 1. The molecule has 110 valence electrons. The molecule has 0 fully saturated rings. The third-order valence-corrected chi connectivity index (χ3v) is 3.14. The molecule has 0 unspecified atom stereocenters. The molecular formula is C16H18N2O3. The highest BCUT2D eigenvalue weighted by Crippen LogP contribution is 2.24. The SMILES string of the molecule is Cc1cccc(/C=C/C(=O)O)c1OCCc1nccn1C. The molecule has 0 amide bonds. The maximum Gasteiger partial charge on any atom is 0.328 e. The number of aryl methyl sites for hydroxylation is 2. The molecule has 0 aliphatic carbocycles.